The van der Waals surface area contributed by atoms with Gasteiger partial charge < -0.3 is 11.1 Å². The molecule has 0 atom stereocenters. The van der Waals surface area contributed by atoms with Crippen LogP contribution < -0.4 is 11.1 Å². The Morgan fingerprint density at radius 3 is 2.45 bits per heavy atom. The van der Waals surface area contributed by atoms with E-state index in [0.717, 1.165) is 4.90 Å². The number of carbonyl (C=O) groups is 3. The van der Waals surface area contributed by atoms with Crippen molar-refractivity contribution in [1.82, 2.24) is 4.90 Å². The number of anilines is 1. The molecule has 1 heterocycles. The van der Waals surface area contributed by atoms with Gasteiger partial charge in [0.25, 0.3) is 11.8 Å². The molecule has 0 aromatic heterocycles. The van der Waals surface area contributed by atoms with E-state index in [4.69, 9.17) is 5.73 Å². The SMILES string of the molecule is CC(=O)Nc1ccc2c3c(cccc13)C(=O)N(CCN)C2=O. The third-order valence-corrected chi connectivity index (χ3v) is 3.66. The molecule has 3 rings (SSSR count). The van der Waals surface area contributed by atoms with Crippen molar-refractivity contribution in [1.29, 1.82) is 0 Å². The van der Waals surface area contributed by atoms with Crippen LogP contribution in [0.5, 0.6) is 0 Å². The van der Waals surface area contributed by atoms with E-state index in [0.29, 0.717) is 27.6 Å². The van der Waals surface area contributed by atoms with E-state index in [2.05, 4.69) is 5.32 Å². The van der Waals surface area contributed by atoms with E-state index < -0.39 is 0 Å². The molecular formula is C16H15N3O3. The van der Waals surface area contributed by atoms with E-state index in [1.807, 2.05) is 0 Å². The van der Waals surface area contributed by atoms with Crippen molar-refractivity contribution in [2.75, 3.05) is 18.4 Å². The molecule has 22 heavy (non-hydrogen) atoms. The van der Waals surface area contributed by atoms with Crippen molar-refractivity contribution in [3.63, 3.8) is 0 Å². The Labute approximate surface area is 126 Å². The summed E-state index contributed by atoms with van der Waals surface area (Å²) >= 11 is 0. The highest BCUT2D eigenvalue weighted by atomic mass is 16.2. The second-order valence-corrected chi connectivity index (χ2v) is 5.12. The molecule has 3 N–H and O–H groups in total. The second-order valence-electron chi connectivity index (χ2n) is 5.12. The number of nitrogens with one attached hydrogen (secondary N) is 1. The van der Waals surface area contributed by atoms with E-state index in [1.165, 1.54) is 6.92 Å². The third-order valence-electron chi connectivity index (χ3n) is 3.66. The maximum atomic E-state index is 12.5. The molecule has 0 saturated heterocycles. The van der Waals surface area contributed by atoms with Crippen LogP contribution in [0, 0.1) is 0 Å². The predicted octanol–water partition coefficient (Wildman–Crippen LogP) is 1.35. The van der Waals surface area contributed by atoms with Gasteiger partial charge in [0.15, 0.2) is 0 Å². The molecule has 0 spiro atoms. The van der Waals surface area contributed by atoms with Crippen LogP contribution >= 0.6 is 0 Å². The Kier molecular flexibility index (Phi) is 3.38. The van der Waals surface area contributed by atoms with Gasteiger partial charge in [0.2, 0.25) is 5.91 Å². The minimum atomic E-state index is -0.353. The lowest BCUT2D eigenvalue weighted by molar-refractivity contribution is -0.114. The van der Waals surface area contributed by atoms with Gasteiger partial charge in [0.05, 0.1) is 0 Å². The second kappa shape index (κ2) is 5.23. The van der Waals surface area contributed by atoms with Gasteiger partial charge in [-0.05, 0) is 18.2 Å². The average molecular weight is 297 g/mol. The molecule has 2 aromatic carbocycles. The topological polar surface area (TPSA) is 92.5 Å². The summed E-state index contributed by atoms with van der Waals surface area (Å²) < 4.78 is 0. The van der Waals surface area contributed by atoms with Crippen LogP contribution in [0.4, 0.5) is 5.69 Å². The fourth-order valence-electron chi connectivity index (χ4n) is 2.78. The first-order chi connectivity index (χ1) is 10.5. The van der Waals surface area contributed by atoms with Gasteiger partial charge in [-0.2, -0.15) is 0 Å². The first-order valence-corrected chi connectivity index (χ1v) is 6.94. The first kappa shape index (κ1) is 14.2. The molecule has 6 heteroatoms. The lowest BCUT2D eigenvalue weighted by Crippen LogP contribution is -2.43. The number of hydrogen-bond acceptors (Lipinski definition) is 4. The van der Waals surface area contributed by atoms with Gasteiger partial charge in [0, 0.05) is 47.6 Å². The van der Waals surface area contributed by atoms with Crippen LogP contribution in [0.1, 0.15) is 27.6 Å². The minimum absolute atomic E-state index is 0.181. The summed E-state index contributed by atoms with van der Waals surface area (Å²) in [5, 5.41) is 3.98. The summed E-state index contributed by atoms with van der Waals surface area (Å²) in [6, 6.07) is 8.52. The van der Waals surface area contributed by atoms with Gasteiger partial charge in [0.1, 0.15) is 0 Å². The van der Waals surface area contributed by atoms with Crippen LogP contribution in [-0.2, 0) is 4.79 Å². The number of nitrogens with two attached hydrogens (primary N) is 1. The molecule has 0 bridgehead atoms. The van der Waals surface area contributed by atoms with Crippen LogP contribution in [0.3, 0.4) is 0 Å². The van der Waals surface area contributed by atoms with Gasteiger partial charge in [-0.25, -0.2) is 0 Å². The van der Waals surface area contributed by atoms with Gasteiger partial charge in [-0.3, -0.25) is 19.3 Å². The van der Waals surface area contributed by atoms with E-state index in [1.54, 1.807) is 30.3 Å². The zero-order valence-corrected chi connectivity index (χ0v) is 12.1. The Morgan fingerprint density at radius 1 is 1.14 bits per heavy atom. The number of imide groups is 1. The molecule has 6 nitrogen and oxygen atoms in total. The molecular weight excluding hydrogens is 282 g/mol. The maximum Gasteiger partial charge on any atom is 0.261 e. The standard InChI is InChI=1S/C16H15N3O3/c1-9(20)18-13-6-5-12-14-10(13)3-2-4-11(14)15(21)19(8-7-17)16(12)22/h2-6H,7-8,17H2,1H3,(H,18,20). The maximum absolute atomic E-state index is 12.5. The summed E-state index contributed by atoms with van der Waals surface area (Å²) in [4.78, 5) is 37.5. The van der Waals surface area contributed by atoms with Crippen LogP contribution in [0.2, 0.25) is 0 Å². The molecule has 0 fully saturated rings. The van der Waals surface area contributed by atoms with E-state index >= 15 is 0 Å². The van der Waals surface area contributed by atoms with Crippen LogP contribution in [0.25, 0.3) is 10.8 Å². The molecule has 3 amide bonds. The molecule has 0 unspecified atom stereocenters. The molecule has 1 aliphatic rings. The summed E-state index contributed by atoms with van der Waals surface area (Å²) in [5.74, 6) is -0.916. The number of amides is 3. The molecule has 112 valence electrons. The smallest absolute Gasteiger partial charge is 0.261 e. The number of rotatable bonds is 3. The highest BCUT2D eigenvalue weighted by Crippen LogP contribution is 2.34. The number of carbonyl (C=O) groups excluding carboxylic acids is 3. The lowest BCUT2D eigenvalue weighted by atomic mass is 9.93. The highest BCUT2D eigenvalue weighted by molar-refractivity contribution is 6.27. The van der Waals surface area contributed by atoms with E-state index in [-0.39, 0.29) is 30.8 Å². The van der Waals surface area contributed by atoms with Gasteiger partial charge in [-0.15, -0.1) is 0 Å². The summed E-state index contributed by atoms with van der Waals surface area (Å²) in [7, 11) is 0. The molecule has 0 aliphatic carbocycles. The van der Waals surface area contributed by atoms with Crippen molar-refractivity contribution >= 4 is 34.2 Å². The van der Waals surface area contributed by atoms with Gasteiger partial charge >= 0.3 is 0 Å². The monoisotopic (exact) mass is 297 g/mol. The average Bonchev–Trinajstić information content (AvgIpc) is 2.49. The molecule has 1 aliphatic heterocycles. The molecule has 0 saturated carbocycles. The Bertz CT molecular complexity index is 791. The third kappa shape index (κ3) is 2.05. The first-order valence-electron chi connectivity index (χ1n) is 6.94. The Morgan fingerprint density at radius 2 is 1.82 bits per heavy atom. The summed E-state index contributed by atoms with van der Waals surface area (Å²) in [5.41, 5.74) is 6.97. The summed E-state index contributed by atoms with van der Waals surface area (Å²) in [6.07, 6.45) is 0. The fourth-order valence-corrected chi connectivity index (χ4v) is 2.78. The van der Waals surface area contributed by atoms with Crippen LogP contribution in [-0.4, -0.2) is 35.7 Å². The van der Waals surface area contributed by atoms with E-state index in [9.17, 15) is 14.4 Å². The van der Waals surface area contributed by atoms with Crippen molar-refractivity contribution in [3.05, 3.63) is 41.5 Å². The summed E-state index contributed by atoms with van der Waals surface area (Å²) in [6.45, 7) is 1.81. The van der Waals surface area contributed by atoms with Crippen molar-refractivity contribution in [3.8, 4) is 0 Å². The highest BCUT2D eigenvalue weighted by Gasteiger charge is 2.32. The van der Waals surface area contributed by atoms with Crippen molar-refractivity contribution in [2.24, 2.45) is 5.73 Å². The molecule has 2 aromatic rings. The minimum Gasteiger partial charge on any atom is -0.329 e. The van der Waals surface area contributed by atoms with Crippen molar-refractivity contribution < 1.29 is 14.4 Å². The largest absolute Gasteiger partial charge is 0.329 e. The normalized spacial score (nSPS) is 13.6. The number of benzene rings is 2. The predicted molar refractivity (Wildman–Crippen MR) is 82.7 cm³/mol. The zero-order chi connectivity index (χ0) is 15.9. The Balaban J connectivity index is 2.27. The Hall–Kier alpha value is -2.73. The zero-order valence-electron chi connectivity index (χ0n) is 12.1. The molecule has 0 radical (unpaired) electrons. The van der Waals surface area contributed by atoms with Crippen LogP contribution in [0.15, 0.2) is 30.3 Å². The quantitative estimate of drug-likeness (QED) is 0.836. The van der Waals surface area contributed by atoms with Gasteiger partial charge in [-0.1, -0.05) is 12.1 Å². The fraction of sp³-hybridized carbons (Fsp3) is 0.188. The number of nitrogens with zero attached hydrogens (tertiary/aromatic N) is 1. The lowest BCUT2D eigenvalue weighted by Gasteiger charge is -2.27. The van der Waals surface area contributed by atoms with Crippen molar-refractivity contribution in [2.45, 2.75) is 6.92 Å². The number of hydrogen-bond donors (Lipinski definition) is 2.